The molecular weight excluding hydrogens is 434 g/mol. The van der Waals surface area contributed by atoms with Crippen LogP contribution in [0.2, 0.25) is 0 Å². The maximum Gasteiger partial charge on any atom is 0.318 e. The van der Waals surface area contributed by atoms with Crippen LogP contribution in [0.4, 0.5) is 4.79 Å². The second kappa shape index (κ2) is 7.78. The van der Waals surface area contributed by atoms with Gasteiger partial charge in [-0.15, -0.1) is 0 Å². The molecule has 5 aliphatic rings. The van der Waals surface area contributed by atoms with Gasteiger partial charge >= 0.3 is 6.03 Å². The summed E-state index contributed by atoms with van der Waals surface area (Å²) < 4.78 is 5.51. The number of aryl methyl sites for hydroxylation is 1. The van der Waals surface area contributed by atoms with E-state index in [1.54, 1.807) is 7.11 Å². The van der Waals surface area contributed by atoms with Crippen LogP contribution < -0.4 is 10.1 Å². The molecule has 5 heteroatoms. The number of nitrogens with one attached hydrogen (secondary N) is 2. The van der Waals surface area contributed by atoms with Crippen LogP contribution in [-0.2, 0) is 6.42 Å². The molecule has 2 aromatic carbocycles. The highest BCUT2D eigenvalue weighted by atomic mass is 16.5. The van der Waals surface area contributed by atoms with Gasteiger partial charge in [-0.2, -0.15) is 0 Å². The molecule has 8 rings (SSSR count). The van der Waals surface area contributed by atoms with Crippen LogP contribution in [0, 0.1) is 24.7 Å². The highest BCUT2D eigenvalue weighted by Gasteiger charge is 2.52. The summed E-state index contributed by atoms with van der Waals surface area (Å²) in [6.07, 6.45) is 8.51. The first-order valence-electron chi connectivity index (χ1n) is 13.3. The van der Waals surface area contributed by atoms with Gasteiger partial charge in [-0.3, -0.25) is 0 Å². The zero-order chi connectivity index (χ0) is 23.7. The molecule has 5 nitrogen and oxygen atoms in total. The van der Waals surface area contributed by atoms with E-state index >= 15 is 0 Å². The number of hydrogen-bond donors (Lipinski definition) is 2. The lowest BCUT2D eigenvalue weighted by atomic mass is 9.53. The minimum Gasteiger partial charge on any atom is -0.497 e. The summed E-state index contributed by atoms with van der Waals surface area (Å²) in [5, 5.41) is 4.85. The van der Waals surface area contributed by atoms with Crippen LogP contribution in [0.3, 0.4) is 0 Å². The van der Waals surface area contributed by atoms with Crippen molar-refractivity contribution in [2.45, 2.75) is 63.5 Å². The van der Waals surface area contributed by atoms with Crippen LogP contribution in [0.5, 0.6) is 5.75 Å². The number of ether oxygens (including phenoxy) is 1. The lowest BCUT2D eigenvalue weighted by Gasteiger charge is -2.57. The van der Waals surface area contributed by atoms with Crippen molar-refractivity contribution in [3.8, 4) is 5.75 Å². The molecule has 182 valence electrons. The zero-order valence-electron chi connectivity index (χ0n) is 20.8. The van der Waals surface area contributed by atoms with E-state index in [1.807, 2.05) is 6.07 Å². The van der Waals surface area contributed by atoms with E-state index in [0.717, 1.165) is 46.7 Å². The van der Waals surface area contributed by atoms with E-state index in [1.165, 1.54) is 55.0 Å². The van der Waals surface area contributed by atoms with Crippen LogP contribution in [0.25, 0.3) is 10.9 Å². The number of nitrogens with zero attached hydrogens (tertiary/aromatic N) is 1. The second-order valence-electron chi connectivity index (χ2n) is 11.8. The second-order valence-corrected chi connectivity index (χ2v) is 11.8. The lowest BCUT2D eigenvalue weighted by molar-refractivity contribution is -0.0163. The Hall–Kier alpha value is -2.95. The number of hydrogen-bond acceptors (Lipinski definition) is 2. The van der Waals surface area contributed by atoms with E-state index in [-0.39, 0.29) is 17.6 Å². The summed E-state index contributed by atoms with van der Waals surface area (Å²) in [6, 6.07) is 14.9. The fraction of sp³-hybridized carbons (Fsp3) is 0.500. The van der Waals surface area contributed by atoms with Crippen molar-refractivity contribution in [2.24, 2.45) is 17.8 Å². The van der Waals surface area contributed by atoms with Crippen molar-refractivity contribution in [1.82, 2.24) is 15.2 Å². The van der Waals surface area contributed by atoms with Gasteiger partial charge in [0.1, 0.15) is 5.75 Å². The van der Waals surface area contributed by atoms with Gasteiger partial charge in [0.25, 0.3) is 0 Å². The van der Waals surface area contributed by atoms with Crippen molar-refractivity contribution < 1.29 is 9.53 Å². The summed E-state index contributed by atoms with van der Waals surface area (Å²) in [7, 11) is 1.71. The summed E-state index contributed by atoms with van der Waals surface area (Å²) in [4.78, 5) is 19.8. The number of fused-ring (bicyclic) bond motifs is 3. The number of methoxy groups -OCH3 is 1. The van der Waals surface area contributed by atoms with E-state index in [4.69, 9.17) is 4.74 Å². The molecule has 0 radical (unpaired) electrons. The maximum absolute atomic E-state index is 14.0. The minimum absolute atomic E-state index is 0.0117. The summed E-state index contributed by atoms with van der Waals surface area (Å²) in [5.74, 6) is 3.30. The topological polar surface area (TPSA) is 57.4 Å². The Morgan fingerprint density at radius 2 is 1.71 bits per heavy atom. The minimum atomic E-state index is -0.119. The molecule has 4 bridgehead atoms. The Balaban J connectivity index is 1.26. The van der Waals surface area contributed by atoms with Gasteiger partial charge in [-0.1, -0.05) is 29.8 Å². The molecule has 1 atom stereocenters. The van der Waals surface area contributed by atoms with Gasteiger partial charge in [0, 0.05) is 28.7 Å². The zero-order valence-corrected chi connectivity index (χ0v) is 20.8. The largest absolute Gasteiger partial charge is 0.497 e. The van der Waals surface area contributed by atoms with E-state index in [9.17, 15) is 4.79 Å². The van der Waals surface area contributed by atoms with Crippen LogP contribution in [0.15, 0.2) is 42.5 Å². The summed E-state index contributed by atoms with van der Waals surface area (Å²) in [5.41, 5.74) is 5.97. The predicted octanol–water partition coefficient (Wildman–Crippen LogP) is 6.11. The summed E-state index contributed by atoms with van der Waals surface area (Å²) >= 11 is 0. The molecule has 4 fully saturated rings. The van der Waals surface area contributed by atoms with Gasteiger partial charge < -0.3 is 19.9 Å². The fourth-order valence-electron chi connectivity index (χ4n) is 8.27. The van der Waals surface area contributed by atoms with Crippen LogP contribution in [-0.4, -0.2) is 35.1 Å². The lowest BCUT2D eigenvalue weighted by Crippen LogP contribution is -2.62. The summed E-state index contributed by atoms with van der Waals surface area (Å²) in [6.45, 7) is 2.83. The van der Waals surface area contributed by atoms with Crippen molar-refractivity contribution in [3.63, 3.8) is 0 Å². The molecular formula is C30H35N3O2. The number of carbonyl (C=O) groups excluding carboxylic acids is 1. The molecule has 1 aliphatic heterocycles. The number of amides is 2. The Bertz CT molecular complexity index is 1260. The molecule has 35 heavy (non-hydrogen) atoms. The van der Waals surface area contributed by atoms with E-state index in [0.29, 0.717) is 6.54 Å². The molecule has 2 heterocycles. The average Bonchev–Trinajstić information content (AvgIpc) is 3.20. The molecule has 1 aromatic heterocycles. The van der Waals surface area contributed by atoms with Gasteiger partial charge in [-0.05, 0) is 98.9 Å². The average molecular weight is 470 g/mol. The Morgan fingerprint density at radius 1 is 1.03 bits per heavy atom. The first-order valence-corrected chi connectivity index (χ1v) is 13.3. The molecule has 0 spiro atoms. The molecule has 2 amide bonds. The van der Waals surface area contributed by atoms with Crippen molar-refractivity contribution >= 4 is 16.9 Å². The Morgan fingerprint density at radius 3 is 2.37 bits per heavy atom. The number of rotatable bonds is 3. The standard InChI is InChI=1S/C30H35N3O2/c1-18-3-5-22(6-4-18)28-27-24(25-14-23(35-2)7-8-26(25)31-27)9-10-33(28)29(34)32-30-15-19-11-20(16-30)13-21(12-19)17-30/h3-8,14,19-21,28,31H,9-13,15-17H2,1-2H3,(H,32,34)/t19?,20?,21?,28-,30?/m0/s1. The first kappa shape index (κ1) is 21.3. The van der Waals surface area contributed by atoms with E-state index in [2.05, 4.69) is 58.5 Å². The fourth-order valence-corrected chi connectivity index (χ4v) is 8.27. The Kier molecular flexibility index (Phi) is 4.74. The van der Waals surface area contributed by atoms with E-state index < -0.39 is 0 Å². The number of urea groups is 1. The van der Waals surface area contributed by atoms with Crippen LogP contribution in [0.1, 0.15) is 67.0 Å². The van der Waals surface area contributed by atoms with Gasteiger partial charge in [-0.25, -0.2) is 4.79 Å². The monoisotopic (exact) mass is 469 g/mol. The van der Waals surface area contributed by atoms with Gasteiger partial charge in [0.05, 0.1) is 13.2 Å². The Labute approximate surface area is 207 Å². The van der Waals surface area contributed by atoms with Crippen molar-refractivity contribution in [1.29, 1.82) is 0 Å². The number of carbonyl (C=O) groups is 1. The number of H-pyrrole nitrogens is 1. The number of aromatic amines is 1. The molecule has 4 saturated carbocycles. The number of aromatic nitrogens is 1. The quantitative estimate of drug-likeness (QED) is 0.486. The highest BCUT2D eigenvalue weighted by molar-refractivity contribution is 5.87. The third-order valence-corrected chi connectivity index (χ3v) is 9.40. The van der Waals surface area contributed by atoms with Crippen molar-refractivity contribution in [2.75, 3.05) is 13.7 Å². The third-order valence-electron chi connectivity index (χ3n) is 9.40. The number of benzene rings is 2. The van der Waals surface area contributed by atoms with Gasteiger partial charge in [0.2, 0.25) is 0 Å². The van der Waals surface area contributed by atoms with Gasteiger partial charge in [0.15, 0.2) is 0 Å². The van der Waals surface area contributed by atoms with Crippen LogP contribution >= 0.6 is 0 Å². The smallest absolute Gasteiger partial charge is 0.318 e. The maximum atomic E-state index is 14.0. The first-order chi connectivity index (χ1) is 17.0. The molecule has 2 N–H and O–H groups in total. The SMILES string of the molecule is COc1ccc2[nH]c3c(c2c1)CCN(C(=O)NC12CC4CC(CC(C4)C1)C2)[C@H]3c1ccc(C)cc1. The molecule has 3 aromatic rings. The van der Waals surface area contributed by atoms with Crippen molar-refractivity contribution in [3.05, 3.63) is 64.8 Å². The normalized spacial score (nSPS) is 31.0. The molecule has 0 unspecified atom stereocenters. The third kappa shape index (κ3) is 3.46. The highest BCUT2D eigenvalue weighted by Crippen LogP contribution is 2.55. The predicted molar refractivity (Wildman–Crippen MR) is 138 cm³/mol. The molecule has 4 aliphatic carbocycles. The molecule has 0 saturated heterocycles.